The Labute approximate surface area is 227 Å². The monoisotopic (exact) mass is 538 g/mol. The van der Waals surface area contributed by atoms with Crippen molar-refractivity contribution in [2.75, 3.05) is 23.3 Å². The van der Waals surface area contributed by atoms with Crippen LogP contribution in [0.1, 0.15) is 17.3 Å². The van der Waals surface area contributed by atoms with Gasteiger partial charge >= 0.3 is 0 Å². The van der Waals surface area contributed by atoms with Gasteiger partial charge in [0.1, 0.15) is 5.75 Å². The van der Waals surface area contributed by atoms with E-state index in [0.29, 0.717) is 39.3 Å². The van der Waals surface area contributed by atoms with Crippen LogP contribution >= 0.6 is 0 Å². The third-order valence-corrected chi connectivity index (χ3v) is 8.13. The molecule has 9 heteroatoms. The number of anilines is 2. The number of sulfonamides is 1. The molecule has 196 valence electrons. The van der Waals surface area contributed by atoms with Gasteiger partial charge in [0.15, 0.2) is 0 Å². The van der Waals surface area contributed by atoms with Crippen LogP contribution in [0, 0.1) is 0 Å². The fourth-order valence-electron chi connectivity index (χ4n) is 4.36. The van der Waals surface area contributed by atoms with E-state index in [2.05, 4.69) is 15.3 Å². The highest BCUT2D eigenvalue weighted by Gasteiger charge is 2.25. The Morgan fingerprint density at radius 2 is 1.64 bits per heavy atom. The molecule has 2 heterocycles. The number of ether oxygens (including phenoxy) is 1. The van der Waals surface area contributed by atoms with E-state index < -0.39 is 15.9 Å². The van der Waals surface area contributed by atoms with Crippen molar-refractivity contribution in [2.45, 2.75) is 11.8 Å². The number of nitrogens with one attached hydrogen (secondary N) is 1. The Morgan fingerprint density at radius 3 is 2.36 bits per heavy atom. The van der Waals surface area contributed by atoms with E-state index in [1.165, 1.54) is 29.6 Å². The Hall–Kier alpha value is -4.76. The van der Waals surface area contributed by atoms with Gasteiger partial charge in [-0.2, -0.15) is 0 Å². The summed E-state index contributed by atoms with van der Waals surface area (Å²) in [6.07, 6.45) is 1.66. The largest absolute Gasteiger partial charge is 0.495 e. The molecular weight excluding hydrogens is 512 g/mol. The van der Waals surface area contributed by atoms with Gasteiger partial charge in [-0.05, 0) is 61.5 Å². The number of carbonyl (C=O) groups is 1. The van der Waals surface area contributed by atoms with Gasteiger partial charge < -0.3 is 10.1 Å². The summed E-state index contributed by atoms with van der Waals surface area (Å²) < 4.78 is 34.0. The number of pyridine rings is 2. The topological polar surface area (TPSA) is 101 Å². The van der Waals surface area contributed by atoms with Crippen molar-refractivity contribution >= 4 is 38.2 Å². The second-order valence-electron chi connectivity index (χ2n) is 8.61. The van der Waals surface area contributed by atoms with Crippen LogP contribution in [0.5, 0.6) is 5.75 Å². The minimum atomic E-state index is -3.92. The summed E-state index contributed by atoms with van der Waals surface area (Å²) in [5.41, 5.74) is 2.96. The molecule has 2 aromatic heterocycles. The molecule has 1 N–H and O–H groups in total. The number of hydrogen-bond acceptors (Lipinski definition) is 6. The second kappa shape index (κ2) is 10.9. The highest BCUT2D eigenvalue weighted by atomic mass is 32.2. The molecule has 0 aliphatic heterocycles. The summed E-state index contributed by atoms with van der Waals surface area (Å²) in [5.74, 6) is -0.109. The van der Waals surface area contributed by atoms with Gasteiger partial charge in [-0.1, -0.05) is 42.5 Å². The Kier molecular flexibility index (Phi) is 7.25. The molecule has 5 aromatic rings. The lowest BCUT2D eigenvalue weighted by Crippen LogP contribution is -2.30. The van der Waals surface area contributed by atoms with Crippen molar-refractivity contribution < 1.29 is 17.9 Å². The first-order valence-electron chi connectivity index (χ1n) is 12.3. The van der Waals surface area contributed by atoms with Crippen molar-refractivity contribution in [1.29, 1.82) is 0 Å². The van der Waals surface area contributed by atoms with Gasteiger partial charge in [0.05, 0.1) is 45.8 Å². The van der Waals surface area contributed by atoms with E-state index in [9.17, 15) is 13.2 Å². The lowest BCUT2D eigenvalue weighted by atomic mass is 10.1. The lowest BCUT2D eigenvalue weighted by Gasteiger charge is -2.23. The molecule has 0 bridgehead atoms. The normalized spacial score (nSPS) is 11.2. The highest BCUT2D eigenvalue weighted by molar-refractivity contribution is 7.92. The fraction of sp³-hybridized carbons (Fsp3) is 0.100. The van der Waals surface area contributed by atoms with E-state index in [1.807, 2.05) is 48.5 Å². The maximum Gasteiger partial charge on any atom is 0.264 e. The van der Waals surface area contributed by atoms with Gasteiger partial charge in [-0.25, -0.2) is 13.4 Å². The summed E-state index contributed by atoms with van der Waals surface area (Å²) in [6.45, 7) is 2.00. The van der Waals surface area contributed by atoms with Crippen LogP contribution in [0.25, 0.3) is 22.3 Å². The fourth-order valence-corrected chi connectivity index (χ4v) is 5.86. The molecule has 0 atom stereocenters. The average Bonchev–Trinajstić information content (AvgIpc) is 2.97. The van der Waals surface area contributed by atoms with E-state index in [4.69, 9.17) is 4.74 Å². The predicted octanol–water partition coefficient (Wildman–Crippen LogP) is 5.77. The first-order chi connectivity index (χ1) is 18.9. The minimum absolute atomic E-state index is 0.0260. The molecule has 8 nitrogen and oxygen atoms in total. The van der Waals surface area contributed by atoms with Crippen LogP contribution in [0.15, 0.2) is 108 Å². The van der Waals surface area contributed by atoms with Gasteiger partial charge in [-0.3, -0.25) is 14.1 Å². The molecule has 39 heavy (non-hydrogen) atoms. The zero-order chi connectivity index (χ0) is 27.4. The van der Waals surface area contributed by atoms with Gasteiger partial charge in [0.2, 0.25) is 0 Å². The van der Waals surface area contributed by atoms with Gasteiger partial charge in [0, 0.05) is 18.1 Å². The van der Waals surface area contributed by atoms with E-state index in [1.54, 1.807) is 43.5 Å². The number of amides is 1. The van der Waals surface area contributed by atoms with Crippen LogP contribution in [0.3, 0.4) is 0 Å². The Morgan fingerprint density at radius 1 is 0.897 bits per heavy atom. The van der Waals surface area contributed by atoms with Crippen molar-refractivity contribution in [3.05, 3.63) is 109 Å². The Bertz CT molecular complexity index is 1740. The Balaban J connectivity index is 1.55. The maximum absolute atomic E-state index is 13.7. The number of nitrogens with zero attached hydrogens (tertiary/aromatic N) is 3. The number of fused-ring (bicyclic) bond motifs is 1. The molecule has 0 spiro atoms. The quantitative estimate of drug-likeness (QED) is 0.269. The zero-order valence-electron chi connectivity index (χ0n) is 21.4. The van der Waals surface area contributed by atoms with Crippen molar-refractivity contribution in [2.24, 2.45) is 0 Å². The molecule has 0 fully saturated rings. The van der Waals surface area contributed by atoms with Gasteiger partial charge in [0.25, 0.3) is 15.9 Å². The lowest BCUT2D eigenvalue weighted by molar-refractivity contribution is 0.102. The van der Waals surface area contributed by atoms with Crippen LogP contribution in [-0.4, -0.2) is 37.9 Å². The molecule has 0 aliphatic rings. The predicted molar refractivity (Wildman–Crippen MR) is 153 cm³/mol. The first kappa shape index (κ1) is 25.9. The van der Waals surface area contributed by atoms with E-state index in [-0.39, 0.29) is 17.1 Å². The molecule has 0 aliphatic carbocycles. The summed E-state index contributed by atoms with van der Waals surface area (Å²) in [4.78, 5) is 22.8. The molecule has 1 amide bonds. The van der Waals surface area contributed by atoms with Crippen LogP contribution < -0.4 is 14.4 Å². The number of rotatable bonds is 8. The van der Waals surface area contributed by atoms with Crippen LogP contribution in [-0.2, 0) is 10.0 Å². The number of benzene rings is 3. The third-order valence-electron chi connectivity index (χ3n) is 6.23. The minimum Gasteiger partial charge on any atom is -0.495 e. The van der Waals surface area contributed by atoms with Crippen molar-refractivity contribution in [3.8, 4) is 17.1 Å². The second-order valence-corrected chi connectivity index (χ2v) is 10.5. The molecule has 3 aromatic carbocycles. The molecular formula is C30H26N4O4S. The summed E-state index contributed by atoms with van der Waals surface area (Å²) in [5, 5.41) is 3.51. The van der Waals surface area contributed by atoms with E-state index >= 15 is 0 Å². The number of aromatic nitrogens is 2. The number of carbonyl (C=O) groups excluding carboxylic acids is 1. The zero-order valence-corrected chi connectivity index (χ0v) is 22.2. The molecule has 0 unspecified atom stereocenters. The SMILES string of the molecule is CCN(c1ccccc1)S(=O)(=O)c1ccc(OC)c(NC(=O)c2cc(-c3ccccn3)nc3ccccc23)c1. The average molecular weight is 539 g/mol. The summed E-state index contributed by atoms with van der Waals surface area (Å²) >= 11 is 0. The standard InChI is InChI=1S/C30H26N4O4S/c1-3-34(21-11-5-4-6-12-21)39(36,37)22-16-17-29(38-2)28(19-22)33-30(35)24-20-27(26-15-9-10-18-31-26)32-25-14-8-7-13-23(24)25/h4-20H,3H2,1-2H3,(H,33,35). The maximum atomic E-state index is 13.7. The smallest absolute Gasteiger partial charge is 0.264 e. The van der Waals surface area contributed by atoms with Crippen molar-refractivity contribution in [1.82, 2.24) is 9.97 Å². The van der Waals surface area contributed by atoms with Crippen LogP contribution in [0.4, 0.5) is 11.4 Å². The summed E-state index contributed by atoms with van der Waals surface area (Å²) in [7, 11) is -2.46. The number of methoxy groups -OCH3 is 1. The molecule has 0 radical (unpaired) electrons. The molecule has 0 saturated heterocycles. The first-order valence-corrected chi connectivity index (χ1v) is 13.7. The number of para-hydroxylation sites is 2. The summed E-state index contributed by atoms with van der Waals surface area (Å²) in [6, 6.07) is 27.8. The number of hydrogen-bond donors (Lipinski definition) is 1. The third kappa shape index (κ3) is 5.17. The van der Waals surface area contributed by atoms with Crippen molar-refractivity contribution in [3.63, 3.8) is 0 Å². The molecule has 5 rings (SSSR count). The van der Waals surface area contributed by atoms with Crippen LogP contribution in [0.2, 0.25) is 0 Å². The highest BCUT2D eigenvalue weighted by Crippen LogP contribution is 2.32. The molecule has 0 saturated carbocycles. The van der Waals surface area contributed by atoms with E-state index in [0.717, 1.165) is 0 Å². The van der Waals surface area contributed by atoms with Gasteiger partial charge in [-0.15, -0.1) is 0 Å².